The number of fused-ring (bicyclic) bond motifs is 3. The molecule has 0 radical (unpaired) electrons. The van der Waals surface area contributed by atoms with E-state index >= 15 is 0 Å². The molecule has 5 aromatic rings. The van der Waals surface area contributed by atoms with E-state index < -0.39 is 0 Å². The molecule has 148 valence electrons. The van der Waals surface area contributed by atoms with Crippen LogP contribution in [0.25, 0.3) is 33.1 Å². The first-order chi connectivity index (χ1) is 14.8. The summed E-state index contributed by atoms with van der Waals surface area (Å²) in [6.07, 6.45) is 6.05. The predicted molar refractivity (Wildman–Crippen MR) is 117 cm³/mol. The molecule has 0 aliphatic heterocycles. The summed E-state index contributed by atoms with van der Waals surface area (Å²) in [7, 11) is 3.33. The molecule has 0 fully saturated rings. The Balaban J connectivity index is 1.92. The van der Waals surface area contributed by atoms with E-state index in [1.807, 2.05) is 42.6 Å². The van der Waals surface area contributed by atoms with Crippen molar-refractivity contribution in [1.29, 1.82) is 0 Å². The van der Waals surface area contributed by atoms with Gasteiger partial charge in [-0.25, -0.2) is 4.98 Å². The van der Waals surface area contributed by atoms with Crippen LogP contribution in [0, 0.1) is 0 Å². The molecule has 3 aromatic heterocycles. The molecule has 6 nitrogen and oxygen atoms in total. The van der Waals surface area contributed by atoms with E-state index in [2.05, 4.69) is 27.3 Å². The molecule has 0 atom stereocenters. The maximum atomic E-state index is 5.83. The van der Waals surface area contributed by atoms with Gasteiger partial charge in [-0.15, -0.1) is 0 Å². The number of nitrogens with zero attached hydrogens (tertiary/aromatic N) is 3. The zero-order chi connectivity index (χ0) is 20.5. The van der Waals surface area contributed by atoms with Crippen molar-refractivity contribution in [1.82, 2.24) is 20.2 Å². The van der Waals surface area contributed by atoms with Crippen LogP contribution in [0.15, 0.2) is 67.1 Å². The summed E-state index contributed by atoms with van der Waals surface area (Å²) in [5.41, 5.74) is 4.78. The molecule has 0 bridgehead atoms. The van der Waals surface area contributed by atoms with Crippen molar-refractivity contribution in [3.63, 3.8) is 0 Å². The molecule has 2 aromatic carbocycles. The maximum Gasteiger partial charge on any atom is 0.164 e. The summed E-state index contributed by atoms with van der Waals surface area (Å²) in [5.74, 6) is 1.40. The van der Waals surface area contributed by atoms with Gasteiger partial charge in [-0.2, -0.15) is 5.10 Å². The van der Waals surface area contributed by atoms with Gasteiger partial charge in [0.05, 0.1) is 26.1 Å². The fourth-order valence-corrected chi connectivity index (χ4v) is 3.98. The molecule has 1 N–H and O–H groups in total. The summed E-state index contributed by atoms with van der Waals surface area (Å²) >= 11 is 0. The topological polar surface area (TPSA) is 72.9 Å². The molecular weight excluding hydrogens is 376 g/mol. The van der Waals surface area contributed by atoms with Crippen molar-refractivity contribution < 1.29 is 9.47 Å². The van der Waals surface area contributed by atoms with Gasteiger partial charge in [-0.05, 0) is 23.8 Å². The first-order valence-corrected chi connectivity index (χ1v) is 9.65. The Morgan fingerprint density at radius 1 is 0.933 bits per heavy atom. The first kappa shape index (κ1) is 18.1. The van der Waals surface area contributed by atoms with Gasteiger partial charge >= 0.3 is 0 Å². The van der Waals surface area contributed by atoms with Crippen molar-refractivity contribution in [2.24, 2.45) is 0 Å². The Labute approximate surface area is 173 Å². The van der Waals surface area contributed by atoms with E-state index in [-0.39, 0.29) is 0 Å². The van der Waals surface area contributed by atoms with Crippen molar-refractivity contribution in [2.45, 2.75) is 6.42 Å². The first-order valence-electron chi connectivity index (χ1n) is 9.65. The van der Waals surface area contributed by atoms with Crippen LogP contribution in [-0.4, -0.2) is 34.4 Å². The van der Waals surface area contributed by atoms with Gasteiger partial charge in [0.2, 0.25) is 0 Å². The quantitative estimate of drug-likeness (QED) is 0.463. The molecule has 30 heavy (non-hydrogen) atoms. The smallest absolute Gasteiger partial charge is 0.164 e. The Morgan fingerprint density at radius 3 is 2.47 bits per heavy atom. The Kier molecular flexibility index (Phi) is 4.52. The van der Waals surface area contributed by atoms with Crippen LogP contribution >= 0.6 is 0 Å². The number of aromatic amines is 1. The second kappa shape index (κ2) is 7.48. The number of rotatable bonds is 5. The molecule has 0 saturated heterocycles. The van der Waals surface area contributed by atoms with Gasteiger partial charge in [0.25, 0.3) is 0 Å². The third-order valence-corrected chi connectivity index (χ3v) is 5.31. The Morgan fingerprint density at radius 2 is 1.73 bits per heavy atom. The van der Waals surface area contributed by atoms with Crippen molar-refractivity contribution in [2.75, 3.05) is 14.2 Å². The highest BCUT2D eigenvalue weighted by molar-refractivity contribution is 6.13. The fourth-order valence-electron chi connectivity index (χ4n) is 3.98. The van der Waals surface area contributed by atoms with E-state index in [0.29, 0.717) is 12.2 Å². The average molecular weight is 396 g/mol. The van der Waals surface area contributed by atoms with Crippen molar-refractivity contribution in [3.8, 4) is 22.8 Å². The normalized spacial score (nSPS) is 11.1. The minimum atomic E-state index is 0.677. The van der Waals surface area contributed by atoms with Gasteiger partial charge in [0.15, 0.2) is 17.1 Å². The van der Waals surface area contributed by atoms with Crippen LogP contribution in [0.1, 0.15) is 11.1 Å². The summed E-state index contributed by atoms with van der Waals surface area (Å²) < 4.78 is 11.6. The number of hydrogen-bond donors (Lipinski definition) is 1. The van der Waals surface area contributed by atoms with Crippen LogP contribution in [0.5, 0.6) is 11.5 Å². The molecule has 0 saturated carbocycles. The minimum absolute atomic E-state index is 0.677. The number of aromatic nitrogens is 4. The highest BCUT2D eigenvalue weighted by Crippen LogP contribution is 2.43. The van der Waals surface area contributed by atoms with Gasteiger partial charge < -0.3 is 9.47 Å². The van der Waals surface area contributed by atoms with Gasteiger partial charge in [0, 0.05) is 46.1 Å². The lowest BCUT2D eigenvalue weighted by molar-refractivity contribution is 0.353. The Hall–Kier alpha value is -3.93. The molecule has 0 aliphatic rings. The average Bonchev–Trinajstić information content (AvgIpc) is 3.27. The van der Waals surface area contributed by atoms with Crippen LogP contribution < -0.4 is 9.47 Å². The van der Waals surface area contributed by atoms with E-state index in [9.17, 15) is 0 Å². The largest absolute Gasteiger partial charge is 0.493 e. The highest BCUT2D eigenvalue weighted by Gasteiger charge is 2.21. The van der Waals surface area contributed by atoms with Crippen molar-refractivity contribution >= 4 is 21.8 Å². The fraction of sp³-hybridized carbons (Fsp3) is 0.125. The summed E-state index contributed by atoms with van der Waals surface area (Å²) in [6.45, 7) is 0. The van der Waals surface area contributed by atoms with E-state index in [1.165, 1.54) is 5.56 Å². The number of nitrogens with one attached hydrogen (secondary N) is 1. The molecule has 0 amide bonds. The van der Waals surface area contributed by atoms with Crippen LogP contribution in [0.4, 0.5) is 0 Å². The summed E-state index contributed by atoms with van der Waals surface area (Å²) in [4.78, 5) is 9.02. The number of benzene rings is 2. The number of ether oxygens (including phenoxy) is 2. The van der Waals surface area contributed by atoms with E-state index in [0.717, 1.165) is 44.4 Å². The lowest BCUT2D eigenvalue weighted by Crippen LogP contribution is -2.01. The number of pyridine rings is 2. The van der Waals surface area contributed by atoms with Gasteiger partial charge in [-0.1, -0.05) is 30.3 Å². The molecule has 6 heteroatoms. The number of H-pyrrole nitrogens is 1. The lowest BCUT2D eigenvalue weighted by atomic mass is 9.93. The zero-order valence-corrected chi connectivity index (χ0v) is 16.7. The standard InChI is InChI=1S/C24H20N4O2/c1-29-20-13-17-21(18(23(20)30-2)12-15-6-4-3-5-7-15)19-14-26-28-24(19)27-22(17)16-8-10-25-11-9-16/h3-11,13-14H,12H2,1-2H3,(H,26,27,28). The molecular formula is C24H20N4O2. The van der Waals surface area contributed by atoms with Gasteiger partial charge in [-0.3, -0.25) is 10.1 Å². The van der Waals surface area contributed by atoms with E-state index in [1.54, 1.807) is 26.6 Å². The van der Waals surface area contributed by atoms with Crippen molar-refractivity contribution in [3.05, 3.63) is 78.2 Å². The molecule has 5 rings (SSSR count). The molecule has 0 unspecified atom stereocenters. The highest BCUT2D eigenvalue weighted by atomic mass is 16.5. The monoisotopic (exact) mass is 396 g/mol. The SMILES string of the molecule is COc1cc2c(-c3ccncc3)nc3[nH]ncc3c2c(Cc2ccccc2)c1OC. The third-order valence-electron chi connectivity index (χ3n) is 5.31. The number of hydrogen-bond acceptors (Lipinski definition) is 5. The predicted octanol–water partition coefficient (Wildman–Crippen LogP) is 4.78. The van der Waals surface area contributed by atoms with E-state index in [4.69, 9.17) is 14.5 Å². The Bertz CT molecular complexity index is 1330. The molecule has 3 heterocycles. The zero-order valence-electron chi connectivity index (χ0n) is 16.7. The summed E-state index contributed by atoms with van der Waals surface area (Å²) in [5, 5.41) is 10.3. The van der Waals surface area contributed by atoms with Crippen LogP contribution in [-0.2, 0) is 6.42 Å². The molecule has 0 spiro atoms. The van der Waals surface area contributed by atoms with Gasteiger partial charge in [0.1, 0.15) is 0 Å². The maximum absolute atomic E-state index is 5.83. The second-order valence-corrected chi connectivity index (χ2v) is 7.00. The number of methoxy groups -OCH3 is 2. The third kappa shape index (κ3) is 2.93. The van der Waals surface area contributed by atoms with Crippen LogP contribution in [0.2, 0.25) is 0 Å². The minimum Gasteiger partial charge on any atom is -0.493 e. The lowest BCUT2D eigenvalue weighted by Gasteiger charge is -2.18. The summed E-state index contributed by atoms with van der Waals surface area (Å²) in [6, 6.07) is 16.2. The second-order valence-electron chi connectivity index (χ2n) is 7.00. The molecule has 0 aliphatic carbocycles. The van der Waals surface area contributed by atoms with Crippen LogP contribution in [0.3, 0.4) is 0 Å².